The lowest BCUT2D eigenvalue weighted by atomic mass is 10.1. The minimum atomic E-state index is -1.07. The maximum atomic E-state index is 12.1. The van der Waals surface area contributed by atoms with Gasteiger partial charge in [-0.1, -0.05) is 11.6 Å². The molecule has 128 valence electrons. The summed E-state index contributed by atoms with van der Waals surface area (Å²) in [6, 6.07) is 1.50. The second kappa shape index (κ2) is 6.97. The summed E-state index contributed by atoms with van der Waals surface area (Å²) in [6.45, 7) is 6.41. The average Bonchev–Trinajstić information content (AvgIpc) is 2.78. The number of carbonyl (C=O) groups is 2. The quantitative estimate of drug-likeness (QED) is 0.884. The fourth-order valence-electron chi connectivity index (χ4n) is 2.29. The van der Waals surface area contributed by atoms with Crippen LogP contribution in [0.25, 0.3) is 0 Å². The van der Waals surface area contributed by atoms with E-state index in [1.165, 1.54) is 6.07 Å². The molecule has 2 rings (SSSR count). The minimum absolute atomic E-state index is 0.0735. The first-order valence-corrected chi connectivity index (χ1v) is 8.52. The summed E-state index contributed by atoms with van der Waals surface area (Å²) < 4.78 is 11.5. The van der Waals surface area contributed by atoms with Crippen LogP contribution in [-0.4, -0.2) is 46.9 Å². The Bertz CT molecular complexity index is 595. The maximum Gasteiger partial charge on any atom is 0.410 e. The summed E-state index contributed by atoms with van der Waals surface area (Å²) in [5, 5.41) is 9.16. The molecule has 1 aliphatic heterocycles. The Balaban J connectivity index is 2.02. The number of hydrogen-bond acceptors (Lipinski definition) is 5. The van der Waals surface area contributed by atoms with Crippen molar-refractivity contribution < 1.29 is 24.2 Å². The summed E-state index contributed by atoms with van der Waals surface area (Å²) in [5.74, 6) is -0.819. The second-order valence-electron chi connectivity index (χ2n) is 6.36. The van der Waals surface area contributed by atoms with E-state index >= 15 is 0 Å². The number of rotatable bonds is 3. The SMILES string of the molecule is CC(C)(C)OC(=O)N1CCCC(Oc2cc(Cl)sc2C(=O)O)C1. The van der Waals surface area contributed by atoms with E-state index < -0.39 is 11.6 Å². The van der Waals surface area contributed by atoms with Crippen LogP contribution in [0.2, 0.25) is 4.34 Å². The zero-order valence-corrected chi connectivity index (χ0v) is 14.9. The molecule has 1 amide bonds. The van der Waals surface area contributed by atoms with Gasteiger partial charge in [0.2, 0.25) is 0 Å². The van der Waals surface area contributed by atoms with E-state index in [-0.39, 0.29) is 22.8 Å². The molecule has 0 saturated carbocycles. The Hall–Kier alpha value is -1.47. The smallest absolute Gasteiger partial charge is 0.410 e. The fourth-order valence-corrected chi connectivity index (χ4v) is 3.28. The first kappa shape index (κ1) is 17.9. The van der Waals surface area contributed by atoms with Crippen LogP contribution in [0, 0.1) is 0 Å². The molecule has 6 nitrogen and oxygen atoms in total. The van der Waals surface area contributed by atoms with Crippen molar-refractivity contribution in [3.8, 4) is 5.75 Å². The van der Waals surface area contributed by atoms with Crippen LogP contribution in [0.15, 0.2) is 6.07 Å². The van der Waals surface area contributed by atoms with Crippen LogP contribution >= 0.6 is 22.9 Å². The van der Waals surface area contributed by atoms with Crippen molar-refractivity contribution in [2.24, 2.45) is 0 Å². The topological polar surface area (TPSA) is 76.1 Å². The Morgan fingerprint density at radius 1 is 1.43 bits per heavy atom. The van der Waals surface area contributed by atoms with Gasteiger partial charge in [0.1, 0.15) is 17.5 Å². The first-order valence-electron chi connectivity index (χ1n) is 7.33. The molecule has 1 atom stereocenters. The zero-order valence-electron chi connectivity index (χ0n) is 13.3. The van der Waals surface area contributed by atoms with E-state index in [1.807, 2.05) is 20.8 Å². The van der Waals surface area contributed by atoms with Gasteiger partial charge >= 0.3 is 12.1 Å². The molecule has 0 aromatic carbocycles. The highest BCUT2D eigenvalue weighted by Gasteiger charge is 2.29. The molecular weight excluding hydrogens is 342 g/mol. The summed E-state index contributed by atoms with van der Waals surface area (Å²) in [4.78, 5) is 25.0. The van der Waals surface area contributed by atoms with Gasteiger partial charge in [0.15, 0.2) is 4.88 Å². The van der Waals surface area contributed by atoms with Crippen molar-refractivity contribution >= 4 is 35.0 Å². The van der Waals surface area contributed by atoms with Crippen molar-refractivity contribution in [2.75, 3.05) is 13.1 Å². The largest absolute Gasteiger partial charge is 0.487 e. The molecule has 1 unspecified atom stereocenters. The minimum Gasteiger partial charge on any atom is -0.487 e. The number of carbonyl (C=O) groups excluding carboxylic acids is 1. The number of carboxylic acid groups (broad SMARTS) is 1. The molecule has 1 saturated heterocycles. The fraction of sp³-hybridized carbons (Fsp3) is 0.600. The van der Waals surface area contributed by atoms with Crippen LogP contribution < -0.4 is 4.74 Å². The monoisotopic (exact) mass is 361 g/mol. The number of nitrogens with zero attached hydrogens (tertiary/aromatic N) is 1. The maximum absolute atomic E-state index is 12.1. The van der Waals surface area contributed by atoms with Gasteiger partial charge in [-0.3, -0.25) is 0 Å². The Kier molecular flexibility index (Phi) is 5.41. The van der Waals surface area contributed by atoms with Gasteiger partial charge in [0.05, 0.1) is 10.9 Å². The zero-order chi connectivity index (χ0) is 17.2. The van der Waals surface area contributed by atoms with E-state index in [4.69, 9.17) is 26.2 Å². The molecule has 1 fully saturated rings. The van der Waals surface area contributed by atoms with Crippen molar-refractivity contribution in [2.45, 2.75) is 45.3 Å². The summed E-state index contributed by atoms with van der Waals surface area (Å²) in [7, 11) is 0. The predicted octanol–water partition coefficient (Wildman–Crippen LogP) is 3.88. The standard InChI is InChI=1S/C15H20ClNO5S/c1-15(2,3)22-14(20)17-6-4-5-9(8-17)21-10-7-11(16)23-12(10)13(18)19/h7,9H,4-6,8H2,1-3H3,(H,18,19). The van der Waals surface area contributed by atoms with Crippen LogP contribution in [0.1, 0.15) is 43.3 Å². The number of ether oxygens (including phenoxy) is 2. The molecular formula is C15H20ClNO5S. The number of carboxylic acids is 1. The molecule has 1 aliphatic rings. The summed E-state index contributed by atoms with van der Waals surface area (Å²) in [5.41, 5.74) is -0.553. The van der Waals surface area contributed by atoms with Crippen LogP contribution in [0.5, 0.6) is 5.75 Å². The number of amides is 1. The van der Waals surface area contributed by atoms with Gasteiger partial charge in [-0.15, -0.1) is 11.3 Å². The van der Waals surface area contributed by atoms with Gasteiger partial charge < -0.3 is 19.5 Å². The van der Waals surface area contributed by atoms with Crippen molar-refractivity contribution in [3.05, 3.63) is 15.3 Å². The molecule has 2 heterocycles. The Morgan fingerprint density at radius 2 is 2.13 bits per heavy atom. The van der Waals surface area contributed by atoms with E-state index in [9.17, 15) is 9.59 Å². The molecule has 0 radical (unpaired) electrons. The lowest BCUT2D eigenvalue weighted by molar-refractivity contribution is 0.00756. The average molecular weight is 362 g/mol. The van der Waals surface area contributed by atoms with Crippen LogP contribution in [0.3, 0.4) is 0 Å². The van der Waals surface area contributed by atoms with Crippen molar-refractivity contribution in [3.63, 3.8) is 0 Å². The highest BCUT2D eigenvalue weighted by molar-refractivity contribution is 7.18. The third kappa shape index (κ3) is 5.00. The lowest BCUT2D eigenvalue weighted by Gasteiger charge is -2.34. The number of halogens is 1. The van der Waals surface area contributed by atoms with E-state index in [2.05, 4.69) is 0 Å². The van der Waals surface area contributed by atoms with Gasteiger partial charge in [-0.25, -0.2) is 9.59 Å². The number of likely N-dealkylation sites (tertiary alicyclic amines) is 1. The molecule has 23 heavy (non-hydrogen) atoms. The van der Waals surface area contributed by atoms with E-state index in [1.54, 1.807) is 4.90 Å². The normalized spacial score (nSPS) is 18.6. The molecule has 8 heteroatoms. The van der Waals surface area contributed by atoms with Crippen LogP contribution in [-0.2, 0) is 4.74 Å². The van der Waals surface area contributed by atoms with Gasteiger partial charge in [0, 0.05) is 12.6 Å². The Morgan fingerprint density at radius 3 is 2.74 bits per heavy atom. The number of thiophene rings is 1. The first-order chi connectivity index (χ1) is 10.7. The molecule has 1 aromatic rings. The highest BCUT2D eigenvalue weighted by atomic mass is 35.5. The molecule has 0 bridgehead atoms. The molecule has 1 N–H and O–H groups in total. The number of hydrogen-bond donors (Lipinski definition) is 1. The van der Waals surface area contributed by atoms with Crippen molar-refractivity contribution in [1.29, 1.82) is 0 Å². The van der Waals surface area contributed by atoms with Gasteiger partial charge in [-0.05, 0) is 33.6 Å². The van der Waals surface area contributed by atoms with Gasteiger partial charge in [-0.2, -0.15) is 0 Å². The third-order valence-electron chi connectivity index (χ3n) is 3.19. The number of piperidine rings is 1. The summed E-state index contributed by atoms with van der Waals surface area (Å²) >= 11 is 6.83. The van der Waals surface area contributed by atoms with Crippen LogP contribution in [0.4, 0.5) is 4.79 Å². The van der Waals surface area contributed by atoms with E-state index in [0.29, 0.717) is 17.4 Å². The van der Waals surface area contributed by atoms with Crippen molar-refractivity contribution in [1.82, 2.24) is 4.90 Å². The second-order valence-corrected chi connectivity index (χ2v) is 8.04. The third-order valence-corrected chi connectivity index (χ3v) is 4.42. The number of aromatic carboxylic acids is 1. The molecule has 0 spiro atoms. The summed E-state index contributed by atoms with van der Waals surface area (Å²) in [6.07, 6.45) is 0.850. The van der Waals surface area contributed by atoms with Gasteiger partial charge in [0.25, 0.3) is 0 Å². The molecule has 0 aliphatic carbocycles. The Labute approximate surface area is 143 Å². The molecule has 1 aromatic heterocycles. The predicted molar refractivity (Wildman–Crippen MR) is 87.7 cm³/mol. The lowest BCUT2D eigenvalue weighted by Crippen LogP contribution is -2.46. The van der Waals surface area contributed by atoms with E-state index in [0.717, 1.165) is 24.2 Å². The highest BCUT2D eigenvalue weighted by Crippen LogP contribution is 2.34.